The summed E-state index contributed by atoms with van der Waals surface area (Å²) in [4.78, 5) is 19.7. The number of aliphatic hydroxyl groups excluding tert-OH is 1. The number of aromatic hydroxyl groups is 1. The molecular formula is C24H22N2O3S. The van der Waals surface area contributed by atoms with E-state index in [-0.39, 0.29) is 23.5 Å². The molecule has 1 aliphatic rings. The van der Waals surface area contributed by atoms with Crippen molar-refractivity contribution < 1.29 is 15.0 Å². The summed E-state index contributed by atoms with van der Waals surface area (Å²) in [6, 6.07) is 22.7. The van der Waals surface area contributed by atoms with E-state index in [0.717, 1.165) is 16.9 Å². The van der Waals surface area contributed by atoms with Gasteiger partial charge in [-0.1, -0.05) is 54.2 Å². The molecule has 3 aromatic rings. The number of hydrogen-bond acceptors (Lipinski definition) is 5. The highest BCUT2D eigenvalue weighted by Gasteiger charge is 2.39. The summed E-state index contributed by atoms with van der Waals surface area (Å²) in [5, 5.41) is 19.9. The maximum Gasteiger partial charge on any atom is 0.247 e. The molecule has 0 aliphatic carbocycles. The molecule has 30 heavy (non-hydrogen) atoms. The zero-order valence-electron chi connectivity index (χ0n) is 16.5. The molecule has 1 saturated heterocycles. The summed E-state index contributed by atoms with van der Waals surface area (Å²) in [6.45, 7) is 1.54. The number of amidine groups is 1. The van der Waals surface area contributed by atoms with Crippen molar-refractivity contribution in [1.82, 2.24) is 0 Å². The van der Waals surface area contributed by atoms with Crippen molar-refractivity contribution >= 4 is 34.2 Å². The number of phenols is 1. The zero-order chi connectivity index (χ0) is 21.1. The Labute approximate surface area is 179 Å². The lowest BCUT2D eigenvalue weighted by atomic mass is 10.0. The van der Waals surface area contributed by atoms with Gasteiger partial charge in [0.1, 0.15) is 5.75 Å². The Hall–Kier alpha value is -3.09. The first kappa shape index (κ1) is 20.2. The first-order valence-corrected chi connectivity index (χ1v) is 10.6. The van der Waals surface area contributed by atoms with Gasteiger partial charge in [0.25, 0.3) is 0 Å². The van der Waals surface area contributed by atoms with Crippen molar-refractivity contribution in [3.63, 3.8) is 0 Å². The van der Waals surface area contributed by atoms with Gasteiger partial charge < -0.3 is 10.2 Å². The summed E-state index contributed by atoms with van der Waals surface area (Å²) in [6.07, 6.45) is 0.481. The second-order valence-electron chi connectivity index (χ2n) is 7.13. The van der Waals surface area contributed by atoms with Gasteiger partial charge in [0.15, 0.2) is 5.17 Å². The van der Waals surface area contributed by atoms with E-state index in [1.807, 2.05) is 66.7 Å². The Bertz CT molecular complexity index is 1080. The predicted molar refractivity (Wildman–Crippen MR) is 121 cm³/mol. The SMILES string of the molecule is Cc1cc(CC2SC(=Nc3ccccc3)N(c3ccccc3)C2=O)cc(CO)c1O. The van der Waals surface area contributed by atoms with Gasteiger partial charge in [-0.05, 0) is 54.8 Å². The van der Waals surface area contributed by atoms with Gasteiger partial charge in [-0.15, -0.1) is 0 Å². The smallest absolute Gasteiger partial charge is 0.247 e. The number of para-hydroxylation sites is 2. The number of benzene rings is 3. The zero-order valence-corrected chi connectivity index (χ0v) is 17.3. The van der Waals surface area contributed by atoms with Crippen LogP contribution in [-0.4, -0.2) is 26.5 Å². The molecule has 0 spiro atoms. The Morgan fingerprint density at radius 3 is 2.37 bits per heavy atom. The highest BCUT2D eigenvalue weighted by atomic mass is 32.2. The molecule has 5 nitrogen and oxygen atoms in total. The summed E-state index contributed by atoms with van der Waals surface area (Å²) in [5.74, 6) is 0.0704. The van der Waals surface area contributed by atoms with Crippen LogP contribution in [0.15, 0.2) is 77.8 Å². The molecule has 1 amide bonds. The fourth-order valence-corrected chi connectivity index (χ4v) is 4.68. The Kier molecular flexibility index (Phi) is 5.88. The van der Waals surface area contributed by atoms with Crippen LogP contribution in [0, 0.1) is 6.92 Å². The fraction of sp³-hybridized carbons (Fsp3) is 0.167. The van der Waals surface area contributed by atoms with Gasteiger partial charge in [-0.25, -0.2) is 4.99 Å². The largest absolute Gasteiger partial charge is 0.507 e. The molecule has 1 heterocycles. The Balaban J connectivity index is 1.68. The molecule has 6 heteroatoms. The minimum Gasteiger partial charge on any atom is -0.507 e. The Morgan fingerprint density at radius 2 is 1.70 bits per heavy atom. The lowest BCUT2D eigenvalue weighted by molar-refractivity contribution is -0.116. The van der Waals surface area contributed by atoms with Crippen molar-refractivity contribution in [3.8, 4) is 5.75 Å². The molecule has 0 saturated carbocycles. The van der Waals surface area contributed by atoms with Crippen LogP contribution in [0.5, 0.6) is 5.75 Å². The molecule has 1 atom stereocenters. The monoisotopic (exact) mass is 418 g/mol. The van der Waals surface area contributed by atoms with Crippen LogP contribution in [0.1, 0.15) is 16.7 Å². The van der Waals surface area contributed by atoms with E-state index in [1.54, 1.807) is 17.9 Å². The molecule has 0 radical (unpaired) electrons. The minimum absolute atomic E-state index is 0.0304. The fourth-order valence-electron chi connectivity index (χ4n) is 3.49. The number of hydrogen-bond donors (Lipinski definition) is 2. The highest BCUT2D eigenvalue weighted by molar-refractivity contribution is 8.16. The van der Waals surface area contributed by atoms with Crippen LogP contribution in [0.4, 0.5) is 11.4 Å². The number of aryl methyl sites for hydroxylation is 1. The quantitative estimate of drug-likeness (QED) is 0.637. The Morgan fingerprint density at radius 1 is 1.03 bits per heavy atom. The molecule has 3 aromatic carbocycles. The summed E-state index contributed by atoms with van der Waals surface area (Å²) < 4.78 is 0. The van der Waals surface area contributed by atoms with Gasteiger partial charge in [-0.2, -0.15) is 0 Å². The number of carbonyl (C=O) groups is 1. The van der Waals surface area contributed by atoms with Crippen molar-refractivity contribution in [1.29, 1.82) is 0 Å². The van der Waals surface area contributed by atoms with Gasteiger partial charge in [0, 0.05) is 5.56 Å². The van der Waals surface area contributed by atoms with E-state index >= 15 is 0 Å². The number of amides is 1. The molecule has 1 fully saturated rings. The lowest BCUT2D eigenvalue weighted by Crippen LogP contribution is -2.32. The third kappa shape index (κ3) is 4.10. The van der Waals surface area contributed by atoms with E-state index in [4.69, 9.17) is 4.99 Å². The van der Waals surface area contributed by atoms with Crippen LogP contribution < -0.4 is 4.90 Å². The van der Waals surface area contributed by atoms with Gasteiger partial charge in [0.2, 0.25) is 5.91 Å². The van der Waals surface area contributed by atoms with Crippen LogP contribution in [0.2, 0.25) is 0 Å². The lowest BCUT2D eigenvalue weighted by Gasteiger charge is -2.16. The topological polar surface area (TPSA) is 73.1 Å². The van der Waals surface area contributed by atoms with Gasteiger partial charge in [0.05, 0.1) is 23.2 Å². The summed E-state index contributed by atoms with van der Waals surface area (Å²) in [7, 11) is 0. The van der Waals surface area contributed by atoms with E-state index in [0.29, 0.717) is 22.7 Å². The number of aliphatic hydroxyl groups is 1. The highest BCUT2D eigenvalue weighted by Crippen LogP contribution is 2.36. The number of rotatable bonds is 5. The molecule has 0 aromatic heterocycles. The second-order valence-corrected chi connectivity index (χ2v) is 8.30. The molecule has 152 valence electrons. The number of carbonyl (C=O) groups excluding carboxylic acids is 1. The predicted octanol–water partition coefficient (Wildman–Crippen LogP) is 4.57. The van der Waals surface area contributed by atoms with E-state index < -0.39 is 0 Å². The third-order valence-corrected chi connectivity index (χ3v) is 6.10. The first-order chi connectivity index (χ1) is 14.6. The maximum atomic E-state index is 13.3. The average molecular weight is 419 g/mol. The van der Waals surface area contributed by atoms with E-state index in [9.17, 15) is 15.0 Å². The number of anilines is 1. The number of nitrogens with zero attached hydrogens (tertiary/aromatic N) is 2. The average Bonchev–Trinajstić information content (AvgIpc) is 3.06. The van der Waals surface area contributed by atoms with Crippen molar-refractivity contribution in [2.24, 2.45) is 4.99 Å². The van der Waals surface area contributed by atoms with Gasteiger partial charge in [-0.3, -0.25) is 9.69 Å². The van der Waals surface area contributed by atoms with Crippen LogP contribution in [-0.2, 0) is 17.8 Å². The van der Waals surface area contributed by atoms with Crippen molar-refractivity contribution in [3.05, 3.63) is 89.5 Å². The van der Waals surface area contributed by atoms with Crippen LogP contribution >= 0.6 is 11.8 Å². The molecule has 2 N–H and O–H groups in total. The molecule has 1 aliphatic heterocycles. The molecule has 4 rings (SSSR count). The normalized spacial score (nSPS) is 17.7. The minimum atomic E-state index is -0.344. The molecular weight excluding hydrogens is 396 g/mol. The standard InChI is InChI=1S/C24H22N2O3S/c1-16-12-17(13-18(15-27)22(16)28)14-21-23(29)26(20-10-6-3-7-11-20)24(30-21)25-19-8-4-2-5-9-19/h2-13,21,27-28H,14-15H2,1H3. The number of thioether (sulfide) groups is 1. The second kappa shape index (κ2) is 8.73. The van der Waals surface area contributed by atoms with Crippen molar-refractivity contribution in [2.75, 3.05) is 4.90 Å². The summed E-state index contributed by atoms with van der Waals surface area (Å²) >= 11 is 1.44. The maximum absolute atomic E-state index is 13.3. The summed E-state index contributed by atoms with van der Waals surface area (Å²) in [5.41, 5.74) is 3.63. The third-order valence-electron chi connectivity index (χ3n) is 4.96. The van der Waals surface area contributed by atoms with E-state index in [1.165, 1.54) is 11.8 Å². The number of aliphatic imine (C=N–C) groups is 1. The molecule has 0 bridgehead atoms. The van der Waals surface area contributed by atoms with Crippen molar-refractivity contribution in [2.45, 2.75) is 25.2 Å². The van der Waals surface area contributed by atoms with E-state index in [2.05, 4.69) is 0 Å². The van der Waals surface area contributed by atoms with Gasteiger partial charge >= 0.3 is 0 Å². The van der Waals surface area contributed by atoms with Crippen LogP contribution in [0.25, 0.3) is 0 Å². The van der Waals surface area contributed by atoms with Crippen LogP contribution in [0.3, 0.4) is 0 Å². The molecule has 1 unspecified atom stereocenters. The first-order valence-electron chi connectivity index (χ1n) is 9.68.